The summed E-state index contributed by atoms with van der Waals surface area (Å²) < 4.78 is 29.0. The van der Waals surface area contributed by atoms with Crippen molar-refractivity contribution >= 4 is 15.9 Å². The Labute approximate surface area is 125 Å². The predicted octanol–water partition coefficient (Wildman–Crippen LogP) is 3.64. The number of aryl methyl sites for hydroxylation is 1. The van der Waals surface area contributed by atoms with Crippen molar-refractivity contribution in [3.8, 4) is 0 Å². The smallest absolute Gasteiger partial charge is 0.173 e. The molecule has 2 aromatic rings. The first-order valence-electron chi connectivity index (χ1n) is 6.48. The number of hydrogen-bond acceptors (Lipinski definition) is 2. The fourth-order valence-electron chi connectivity index (χ4n) is 2.19. The van der Waals surface area contributed by atoms with Gasteiger partial charge in [-0.1, -0.05) is 13.0 Å². The minimum atomic E-state index is -0.868. The molecule has 1 unspecified atom stereocenters. The largest absolute Gasteiger partial charge is 0.305 e. The number of benzene rings is 1. The van der Waals surface area contributed by atoms with Gasteiger partial charge in [0.05, 0.1) is 16.2 Å². The summed E-state index contributed by atoms with van der Waals surface area (Å²) in [6.45, 7) is 5.36. The van der Waals surface area contributed by atoms with Gasteiger partial charge in [0, 0.05) is 12.7 Å². The second-order valence-corrected chi connectivity index (χ2v) is 5.12. The van der Waals surface area contributed by atoms with Crippen molar-refractivity contribution in [1.82, 2.24) is 15.1 Å². The molecule has 0 aliphatic carbocycles. The third-order valence-corrected chi connectivity index (χ3v) is 3.93. The first-order valence-corrected chi connectivity index (χ1v) is 7.27. The molecule has 1 N–H and O–H groups in total. The molecular weight excluding hydrogens is 328 g/mol. The van der Waals surface area contributed by atoms with Gasteiger partial charge in [-0.2, -0.15) is 5.10 Å². The van der Waals surface area contributed by atoms with Crippen LogP contribution in [0.15, 0.2) is 28.9 Å². The third-order valence-electron chi connectivity index (χ3n) is 3.13. The molecular formula is C14H16BrF2N3. The summed E-state index contributed by atoms with van der Waals surface area (Å²) in [6.07, 6.45) is 1.71. The number of hydrogen-bond donors (Lipinski definition) is 1. The molecule has 2 rings (SSSR count). The predicted molar refractivity (Wildman–Crippen MR) is 77.5 cm³/mol. The molecule has 0 spiro atoms. The van der Waals surface area contributed by atoms with Crippen LogP contribution in [0.2, 0.25) is 0 Å². The second-order valence-electron chi connectivity index (χ2n) is 4.33. The lowest BCUT2D eigenvalue weighted by Crippen LogP contribution is -2.25. The average Bonchev–Trinajstić information content (AvgIpc) is 2.91. The Morgan fingerprint density at radius 1 is 1.30 bits per heavy atom. The number of aromatic nitrogens is 2. The van der Waals surface area contributed by atoms with Crippen molar-refractivity contribution in [2.75, 3.05) is 6.54 Å². The van der Waals surface area contributed by atoms with E-state index in [1.807, 2.05) is 24.6 Å². The van der Waals surface area contributed by atoms with Gasteiger partial charge in [-0.3, -0.25) is 4.68 Å². The molecule has 1 aromatic carbocycles. The lowest BCUT2D eigenvalue weighted by atomic mass is 10.0. The highest BCUT2D eigenvalue weighted by Crippen LogP contribution is 2.31. The fourth-order valence-corrected chi connectivity index (χ4v) is 2.74. The molecule has 20 heavy (non-hydrogen) atoms. The van der Waals surface area contributed by atoms with E-state index in [1.165, 1.54) is 0 Å². The van der Waals surface area contributed by atoms with E-state index >= 15 is 0 Å². The van der Waals surface area contributed by atoms with Crippen LogP contribution in [-0.4, -0.2) is 16.3 Å². The van der Waals surface area contributed by atoms with E-state index in [0.717, 1.165) is 11.8 Å². The van der Waals surface area contributed by atoms with Gasteiger partial charge < -0.3 is 5.32 Å². The molecule has 0 aliphatic rings. The van der Waals surface area contributed by atoms with Crippen LogP contribution in [0.5, 0.6) is 0 Å². The molecule has 0 saturated heterocycles. The highest BCUT2D eigenvalue weighted by molar-refractivity contribution is 9.10. The van der Waals surface area contributed by atoms with Crippen LogP contribution >= 0.6 is 15.9 Å². The highest BCUT2D eigenvalue weighted by atomic mass is 79.9. The van der Waals surface area contributed by atoms with Gasteiger partial charge in [0.25, 0.3) is 0 Å². The van der Waals surface area contributed by atoms with Crippen LogP contribution in [0, 0.1) is 11.6 Å². The Hall–Kier alpha value is -1.27. The van der Waals surface area contributed by atoms with Gasteiger partial charge in [-0.05, 0) is 47.1 Å². The maximum atomic E-state index is 13.7. The van der Waals surface area contributed by atoms with E-state index in [0.29, 0.717) is 18.7 Å². The highest BCUT2D eigenvalue weighted by Gasteiger charge is 2.22. The maximum absolute atomic E-state index is 13.7. The topological polar surface area (TPSA) is 29.9 Å². The quantitative estimate of drug-likeness (QED) is 0.840. The number of rotatable bonds is 5. The van der Waals surface area contributed by atoms with Gasteiger partial charge in [-0.25, -0.2) is 8.78 Å². The molecule has 0 saturated carbocycles. The zero-order valence-corrected chi connectivity index (χ0v) is 12.9. The fraction of sp³-hybridized carbons (Fsp3) is 0.357. The van der Waals surface area contributed by atoms with E-state index in [2.05, 4.69) is 26.3 Å². The Kier molecular flexibility index (Phi) is 4.88. The molecule has 6 heteroatoms. The second kappa shape index (κ2) is 6.45. The maximum Gasteiger partial charge on any atom is 0.173 e. The number of halogens is 3. The molecule has 0 amide bonds. The average molecular weight is 344 g/mol. The lowest BCUT2D eigenvalue weighted by molar-refractivity contribution is 0.494. The van der Waals surface area contributed by atoms with Crippen LogP contribution in [0.25, 0.3) is 0 Å². The molecule has 0 radical (unpaired) electrons. The first-order chi connectivity index (χ1) is 9.60. The Balaban J connectivity index is 2.52. The van der Waals surface area contributed by atoms with Crippen molar-refractivity contribution in [3.05, 3.63) is 51.8 Å². The Morgan fingerprint density at radius 2 is 2.05 bits per heavy atom. The summed E-state index contributed by atoms with van der Waals surface area (Å²) in [4.78, 5) is 0. The van der Waals surface area contributed by atoms with E-state index in [4.69, 9.17) is 0 Å². The van der Waals surface area contributed by atoms with Crippen LogP contribution in [-0.2, 0) is 6.54 Å². The van der Waals surface area contributed by atoms with Crippen molar-refractivity contribution in [3.63, 3.8) is 0 Å². The molecule has 0 bridgehead atoms. The van der Waals surface area contributed by atoms with Crippen LogP contribution in [0.3, 0.4) is 0 Å². The van der Waals surface area contributed by atoms with Gasteiger partial charge >= 0.3 is 0 Å². The SMILES string of the molecule is CCNC(c1ccc(F)c(F)c1Br)c1ccnn1CC. The zero-order chi connectivity index (χ0) is 14.7. The molecule has 1 heterocycles. The molecule has 0 aliphatic heterocycles. The van der Waals surface area contributed by atoms with Crippen LogP contribution in [0.1, 0.15) is 31.1 Å². The molecule has 3 nitrogen and oxygen atoms in total. The summed E-state index contributed by atoms with van der Waals surface area (Å²) in [5, 5.41) is 7.51. The third kappa shape index (κ3) is 2.76. The van der Waals surface area contributed by atoms with E-state index in [-0.39, 0.29) is 10.5 Å². The van der Waals surface area contributed by atoms with Crippen molar-refractivity contribution < 1.29 is 8.78 Å². The minimum Gasteiger partial charge on any atom is -0.305 e. The van der Waals surface area contributed by atoms with E-state index in [1.54, 1.807) is 12.3 Å². The van der Waals surface area contributed by atoms with Crippen molar-refractivity contribution in [2.45, 2.75) is 26.4 Å². The first kappa shape index (κ1) is 15.1. The Bertz CT molecular complexity index is 598. The molecule has 1 atom stereocenters. The number of nitrogens with one attached hydrogen (secondary N) is 1. The van der Waals surface area contributed by atoms with Gasteiger partial charge in [0.15, 0.2) is 11.6 Å². The summed E-state index contributed by atoms with van der Waals surface area (Å²) in [5.41, 5.74) is 1.57. The summed E-state index contributed by atoms with van der Waals surface area (Å²) in [5.74, 6) is -1.73. The summed E-state index contributed by atoms with van der Waals surface area (Å²) >= 11 is 3.15. The van der Waals surface area contributed by atoms with Crippen molar-refractivity contribution in [2.24, 2.45) is 0 Å². The summed E-state index contributed by atoms with van der Waals surface area (Å²) in [7, 11) is 0. The van der Waals surface area contributed by atoms with E-state index in [9.17, 15) is 8.78 Å². The summed E-state index contributed by atoms with van der Waals surface area (Å²) in [6, 6.07) is 4.37. The number of nitrogens with zero attached hydrogens (tertiary/aromatic N) is 2. The standard InChI is InChI=1S/C14H16BrF2N3/c1-3-18-14(11-7-8-19-20(11)4-2)9-5-6-10(16)13(17)12(9)15/h5-8,14,18H,3-4H2,1-2H3. The molecule has 108 valence electrons. The van der Waals surface area contributed by atoms with E-state index < -0.39 is 11.6 Å². The van der Waals surface area contributed by atoms with Crippen LogP contribution < -0.4 is 5.32 Å². The molecule has 1 aromatic heterocycles. The zero-order valence-electron chi connectivity index (χ0n) is 11.3. The van der Waals surface area contributed by atoms with Crippen LogP contribution in [0.4, 0.5) is 8.78 Å². The minimum absolute atomic E-state index is 0.146. The monoisotopic (exact) mass is 343 g/mol. The van der Waals surface area contributed by atoms with Gasteiger partial charge in [-0.15, -0.1) is 0 Å². The molecule has 0 fully saturated rings. The lowest BCUT2D eigenvalue weighted by Gasteiger charge is -2.21. The Morgan fingerprint density at radius 3 is 2.70 bits per heavy atom. The van der Waals surface area contributed by atoms with Gasteiger partial charge in [0.2, 0.25) is 0 Å². The van der Waals surface area contributed by atoms with Crippen molar-refractivity contribution in [1.29, 1.82) is 0 Å². The van der Waals surface area contributed by atoms with Gasteiger partial charge in [0.1, 0.15) is 0 Å². The normalized spacial score (nSPS) is 12.7.